The van der Waals surface area contributed by atoms with Gasteiger partial charge in [-0.2, -0.15) is 10.1 Å². The first-order valence-corrected chi connectivity index (χ1v) is 6.15. The standard InChI is InChI=1S/C14H12N4O2/c1-10-15-13(17-20-10)9-18-14(19)8-7-12(16-18)11-5-3-2-4-6-11/h2-8H,9H2,1H3. The number of nitrogens with zero attached hydrogens (tertiary/aromatic N) is 4. The van der Waals surface area contributed by atoms with Gasteiger partial charge in [-0.25, -0.2) is 4.68 Å². The molecule has 0 amide bonds. The van der Waals surface area contributed by atoms with E-state index in [-0.39, 0.29) is 12.1 Å². The summed E-state index contributed by atoms with van der Waals surface area (Å²) in [5.74, 6) is 0.898. The van der Waals surface area contributed by atoms with E-state index in [0.717, 1.165) is 11.3 Å². The van der Waals surface area contributed by atoms with E-state index in [4.69, 9.17) is 4.52 Å². The lowest BCUT2D eigenvalue weighted by Gasteiger charge is -2.04. The summed E-state index contributed by atoms with van der Waals surface area (Å²) in [5, 5.41) is 8.10. The zero-order valence-corrected chi connectivity index (χ0v) is 10.9. The molecule has 3 aromatic rings. The molecule has 1 aromatic carbocycles. The Labute approximate surface area is 114 Å². The predicted molar refractivity (Wildman–Crippen MR) is 72.1 cm³/mol. The normalized spacial score (nSPS) is 10.7. The maximum atomic E-state index is 11.8. The van der Waals surface area contributed by atoms with Gasteiger partial charge >= 0.3 is 0 Å². The molecule has 20 heavy (non-hydrogen) atoms. The van der Waals surface area contributed by atoms with Crippen LogP contribution in [0.3, 0.4) is 0 Å². The molecule has 2 heterocycles. The van der Waals surface area contributed by atoms with Gasteiger partial charge in [0.05, 0.1) is 5.69 Å². The van der Waals surface area contributed by atoms with Crippen LogP contribution in [0, 0.1) is 6.92 Å². The third-order valence-corrected chi connectivity index (χ3v) is 2.80. The minimum atomic E-state index is -0.202. The first-order valence-electron chi connectivity index (χ1n) is 6.15. The molecule has 0 unspecified atom stereocenters. The minimum Gasteiger partial charge on any atom is -0.340 e. The maximum absolute atomic E-state index is 11.8. The van der Waals surface area contributed by atoms with Crippen LogP contribution in [-0.2, 0) is 6.54 Å². The summed E-state index contributed by atoms with van der Waals surface area (Å²) in [6.07, 6.45) is 0. The Morgan fingerprint density at radius 3 is 2.65 bits per heavy atom. The highest BCUT2D eigenvalue weighted by Gasteiger charge is 2.07. The van der Waals surface area contributed by atoms with Gasteiger partial charge in [0.15, 0.2) is 5.82 Å². The molecule has 2 aromatic heterocycles. The second-order valence-electron chi connectivity index (χ2n) is 4.31. The molecule has 0 N–H and O–H groups in total. The van der Waals surface area contributed by atoms with Gasteiger partial charge in [0.25, 0.3) is 5.56 Å². The zero-order valence-electron chi connectivity index (χ0n) is 10.9. The van der Waals surface area contributed by atoms with Gasteiger partial charge < -0.3 is 4.52 Å². The van der Waals surface area contributed by atoms with Crippen molar-refractivity contribution in [1.29, 1.82) is 0 Å². The number of aromatic nitrogens is 4. The lowest BCUT2D eigenvalue weighted by Crippen LogP contribution is -2.23. The molecule has 0 atom stereocenters. The molecule has 0 bridgehead atoms. The van der Waals surface area contributed by atoms with Crippen molar-refractivity contribution >= 4 is 0 Å². The minimum absolute atomic E-state index is 0.191. The van der Waals surface area contributed by atoms with Crippen LogP contribution in [0.1, 0.15) is 11.7 Å². The van der Waals surface area contributed by atoms with Crippen LogP contribution >= 0.6 is 0 Å². The summed E-state index contributed by atoms with van der Waals surface area (Å²) >= 11 is 0. The summed E-state index contributed by atoms with van der Waals surface area (Å²) in [4.78, 5) is 15.9. The molecular formula is C14H12N4O2. The number of hydrogen-bond acceptors (Lipinski definition) is 5. The van der Waals surface area contributed by atoms with Crippen LogP contribution in [0.4, 0.5) is 0 Å². The Morgan fingerprint density at radius 2 is 1.95 bits per heavy atom. The van der Waals surface area contributed by atoms with E-state index >= 15 is 0 Å². The van der Waals surface area contributed by atoms with Gasteiger partial charge in [0.2, 0.25) is 5.89 Å². The monoisotopic (exact) mass is 268 g/mol. The summed E-state index contributed by atoms with van der Waals surface area (Å²) in [7, 11) is 0. The topological polar surface area (TPSA) is 73.8 Å². The molecule has 0 fully saturated rings. The highest BCUT2D eigenvalue weighted by Crippen LogP contribution is 2.14. The van der Waals surface area contributed by atoms with Crippen molar-refractivity contribution < 1.29 is 4.52 Å². The number of hydrogen-bond donors (Lipinski definition) is 0. The average molecular weight is 268 g/mol. The summed E-state index contributed by atoms with van der Waals surface area (Å²) < 4.78 is 6.21. The van der Waals surface area contributed by atoms with Crippen molar-refractivity contribution in [3.05, 3.63) is 64.5 Å². The lowest BCUT2D eigenvalue weighted by molar-refractivity contribution is 0.384. The third-order valence-electron chi connectivity index (χ3n) is 2.80. The molecule has 3 rings (SSSR count). The highest BCUT2D eigenvalue weighted by atomic mass is 16.5. The number of aryl methyl sites for hydroxylation is 1. The van der Waals surface area contributed by atoms with Crippen LogP contribution in [-0.4, -0.2) is 19.9 Å². The number of rotatable bonds is 3. The van der Waals surface area contributed by atoms with Crippen molar-refractivity contribution in [2.75, 3.05) is 0 Å². The fourth-order valence-corrected chi connectivity index (χ4v) is 1.86. The third kappa shape index (κ3) is 2.49. The molecule has 0 aliphatic heterocycles. The van der Waals surface area contributed by atoms with Crippen LogP contribution in [0.5, 0.6) is 0 Å². The van der Waals surface area contributed by atoms with Crippen LogP contribution < -0.4 is 5.56 Å². The molecule has 0 radical (unpaired) electrons. The Hall–Kier alpha value is -2.76. The average Bonchev–Trinajstić information content (AvgIpc) is 2.88. The van der Waals surface area contributed by atoms with Crippen molar-refractivity contribution in [3.8, 4) is 11.3 Å². The molecule has 100 valence electrons. The molecule has 6 nitrogen and oxygen atoms in total. The Kier molecular flexibility index (Phi) is 3.12. The van der Waals surface area contributed by atoms with Gasteiger partial charge in [-0.1, -0.05) is 35.5 Å². The van der Waals surface area contributed by atoms with E-state index in [2.05, 4.69) is 15.2 Å². The molecule has 0 saturated heterocycles. The van der Waals surface area contributed by atoms with Crippen LogP contribution in [0.25, 0.3) is 11.3 Å². The largest absolute Gasteiger partial charge is 0.340 e. The second kappa shape index (κ2) is 5.08. The molecule has 0 spiro atoms. The molecule has 0 aliphatic rings. The summed E-state index contributed by atoms with van der Waals surface area (Å²) in [5.41, 5.74) is 1.48. The Balaban J connectivity index is 1.97. The van der Waals surface area contributed by atoms with Gasteiger partial charge in [-0.05, 0) is 6.07 Å². The molecular weight excluding hydrogens is 256 g/mol. The van der Waals surface area contributed by atoms with E-state index in [1.54, 1.807) is 13.0 Å². The molecule has 0 saturated carbocycles. The van der Waals surface area contributed by atoms with Crippen LogP contribution in [0.2, 0.25) is 0 Å². The van der Waals surface area contributed by atoms with E-state index in [0.29, 0.717) is 11.7 Å². The van der Waals surface area contributed by atoms with Crippen molar-refractivity contribution in [1.82, 2.24) is 19.9 Å². The SMILES string of the molecule is Cc1nc(Cn2nc(-c3ccccc3)ccc2=O)no1. The maximum Gasteiger partial charge on any atom is 0.267 e. The number of benzene rings is 1. The Bertz CT molecular complexity index is 777. The zero-order chi connectivity index (χ0) is 13.9. The second-order valence-corrected chi connectivity index (χ2v) is 4.31. The van der Waals surface area contributed by atoms with E-state index in [1.165, 1.54) is 10.7 Å². The first kappa shape index (κ1) is 12.3. The fraction of sp³-hybridized carbons (Fsp3) is 0.143. The van der Waals surface area contributed by atoms with Crippen molar-refractivity contribution in [2.24, 2.45) is 0 Å². The van der Waals surface area contributed by atoms with E-state index in [1.807, 2.05) is 30.3 Å². The van der Waals surface area contributed by atoms with Crippen molar-refractivity contribution in [2.45, 2.75) is 13.5 Å². The smallest absolute Gasteiger partial charge is 0.267 e. The van der Waals surface area contributed by atoms with Gasteiger partial charge in [0, 0.05) is 18.6 Å². The summed E-state index contributed by atoms with van der Waals surface area (Å²) in [6, 6.07) is 12.9. The fourth-order valence-electron chi connectivity index (χ4n) is 1.86. The summed E-state index contributed by atoms with van der Waals surface area (Å²) in [6.45, 7) is 1.89. The molecule has 6 heteroatoms. The highest BCUT2D eigenvalue weighted by molar-refractivity contribution is 5.57. The van der Waals surface area contributed by atoms with Crippen molar-refractivity contribution in [3.63, 3.8) is 0 Å². The van der Waals surface area contributed by atoms with E-state index in [9.17, 15) is 4.79 Å². The quantitative estimate of drug-likeness (QED) is 0.722. The lowest BCUT2D eigenvalue weighted by atomic mass is 10.1. The van der Waals surface area contributed by atoms with Gasteiger partial charge in [-0.15, -0.1) is 0 Å². The van der Waals surface area contributed by atoms with Gasteiger partial charge in [0.1, 0.15) is 6.54 Å². The first-order chi connectivity index (χ1) is 9.72. The predicted octanol–water partition coefficient (Wildman–Crippen LogP) is 1.65. The molecule has 0 aliphatic carbocycles. The van der Waals surface area contributed by atoms with Crippen LogP contribution in [0.15, 0.2) is 51.8 Å². The Morgan fingerprint density at radius 1 is 1.15 bits per heavy atom. The van der Waals surface area contributed by atoms with E-state index < -0.39 is 0 Å². The van der Waals surface area contributed by atoms with Gasteiger partial charge in [-0.3, -0.25) is 4.79 Å².